The Morgan fingerprint density at radius 1 is 1.31 bits per heavy atom. The molecule has 0 aromatic carbocycles. The van der Waals surface area contributed by atoms with Crippen LogP contribution in [0.5, 0.6) is 0 Å². The molecule has 1 atom stereocenters. The molecular weight excluding hydrogens is 220 g/mol. The molecule has 0 bridgehead atoms. The second kappa shape index (κ2) is 4.13. The van der Waals surface area contributed by atoms with E-state index in [1.54, 1.807) is 0 Å². The summed E-state index contributed by atoms with van der Waals surface area (Å²) >= 11 is 1.99. The third kappa shape index (κ3) is 2.24. The Kier molecular flexibility index (Phi) is 2.63. The van der Waals surface area contributed by atoms with Crippen LogP contribution in [0.25, 0.3) is 0 Å². The Balaban J connectivity index is 1.76. The lowest BCUT2D eigenvalue weighted by Gasteiger charge is -2.13. The van der Waals surface area contributed by atoms with Gasteiger partial charge >= 0.3 is 0 Å². The summed E-state index contributed by atoms with van der Waals surface area (Å²) in [6.07, 6.45) is 3.64. The summed E-state index contributed by atoms with van der Waals surface area (Å²) in [4.78, 5) is 8.84. The Morgan fingerprint density at radius 3 is 2.88 bits per heavy atom. The molecule has 1 aliphatic carbocycles. The van der Waals surface area contributed by atoms with Crippen LogP contribution in [0.15, 0.2) is 6.07 Å². The van der Waals surface area contributed by atoms with Crippen molar-refractivity contribution >= 4 is 23.4 Å². The maximum absolute atomic E-state index is 5.80. The molecule has 1 unspecified atom stereocenters. The predicted molar refractivity (Wildman–Crippen MR) is 67.8 cm³/mol. The van der Waals surface area contributed by atoms with E-state index in [9.17, 15) is 0 Å². The second-order valence-corrected chi connectivity index (χ2v) is 5.67. The van der Waals surface area contributed by atoms with Crippen molar-refractivity contribution in [1.82, 2.24) is 9.97 Å². The van der Waals surface area contributed by atoms with Crippen molar-refractivity contribution in [1.29, 1.82) is 0 Å². The Bertz CT molecular complexity index is 386. The van der Waals surface area contributed by atoms with E-state index in [0.717, 1.165) is 11.6 Å². The summed E-state index contributed by atoms with van der Waals surface area (Å²) in [7, 11) is 0. The molecule has 5 heteroatoms. The van der Waals surface area contributed by atoms with Crippen LogP contribution in [0, 0.1) is 0 Å². The van der Waals surface area contributed by atoms with Gasteiger partial charge in [-0.1, -0.05) is 0 Å². The van der Waals surface area contributed by atoms with Gasteiger partial charge in [0.15, 0.2) is 0 Å². The molecule has 2 heterocycles. The van der Waals surface area contributed by atoms with Gasteiger partial charge < -0.3 is 11.1 Å². The highest BCUT2D eigenvalue weighted by Gasteiger charge is 2.27. The Hall–Kier alpha value is -0.970. The van der Waals surface area contributed by atoms with Gasteiger partial charge in [-0.2, -0.15) is 11.8 Å². The van der Waals surface area contributed by atoms with Crippen LogP contribution in [0.4, 0.5) is 11.6 Å². The van der Waals surface area contributed by atoms with Gasteiger partial charge in [0.2, 0.25) is 0 Å². The minimum Gasteiger partial charge on any atom is -0.384 e. The van der Waals surface area contributed by atoms with Gasteiger partial charge in [-0.25, -0.2) is 9.97 Å². The number of hydrogen-bond donors (Lipinski definition) is 2. The number of nitrogens with two attached hydrogens (primary N) is 1. The fourth-order valence-corrected chi connectivity index (χ4v) is 3.09. The highest BCUT2D eigenvalue weighted by Crippen LogP contribution is 2.38. The number of nitrogens with zero attached hydrogens (tertiary/aromatic N) is 2. The van der Waals surface area contributed by atoms with Crippen molar-refractivity contribution in [3.8, 4) is 0 Å². The first-order valence-electron chi connectivity index (χ1n) is 5.80. The number of nitrogens with one attached hydrogen (secondary N) is 1. The molecule has 2 fully saturated rings. The third-order valence-electron chi connectivity index (χ3n) is 2.99. The molecule has 4 nitrogen and oxygen atoms in total. The van der Waals surface area contributed by atoms with Crippen LogP contribution in [0.1, 0.15) is 31.0 Å². The molecule has 1 aliphatic heterocycles. The highest BCUT2D eigenvalue weighted by molar-refractivity contribution is 7.99. The van der Waals surface area contributed by atoms with Crippen molar-refractivity contribution in [3.05, 3.63) is 11.9 Å². The lowest BCUT2D eigenvalue weighted by atomic mass is 10.2. The largest absolute Gasteiger partial charge is 0.384 e. The average molecular weight is 236 g/mol. The fourth-order valence-electron chi connectivity index (χ4n) is 1.94. The summed E-state index contributed by atoms with van der Waals surface area (Å²) in [5.74, 6) is 5.39. The smallest absolute Gasteiger partial charge is 0.136 e. The maximum Gasteiger partial charge on any atom is 0.136 e. The van der Waals surface area contributed by atoms with E-state index in [-0.39, 0.29) is 0 Å². The summed E-state index contributed by atoms with van der Waals surface area (Å²) in [5.41, 5.74) is 5.80. The number of thioether (sulfide) groups is 1. The number of anilines is 2. The van der Waals surface area contributed by atoms with Gasteiger partial charge in [-0.15, -0.1) is 0 Å². The van der Waals surface area contributed by atoms with Crippen molar-refractivity contribution < 1.29 is 0 Å². The maximum atomic E-state index is 5.80. The first-order chi connectivity index (χ1) is 7.81. The van der Waals surface area contributed by atoms with E-state index in [2.05, 4.69) is 15.3 Å². The minimum atomic E-state index is 0.548. The van der Waals surface area contributed by atoms with Crippen LogP contribution in [0.2, 0.25) is 0 Å². The number of aromatic nitrogens is 2. The van der Waals surface area contributed by atoms with Crippen LogP contribution in [-0.2, 0) is 0 Å². The highest BCUT2D eigenvalue weighted by atomic mass is 32.2. The van der Waals surface area contributed by atoms with Crippen molar-refractivity contribution in [2.75, 3.05) is 22.6 Å². The molecule has 3 rings (SSSR count). The predicted octanol–water partition coefficient (Wildman–Crippen LogP) is 1.85. The minimum absolute atomic E-state index is 0.548. The van der Waals surface area contributed by atoms with Gasteiger partial charge in [-0.3, -0.25) is 0 Å². The molecule has 0 amide bonds. The SMILES string of the molecule is Nc1cc(NC2CCSC2)nc(C2CC2)n1. The summed E-state index contributed by atoms with van der Waals surface area (Å²) < 4.78 is 0. The zero-order valence-electron chi connectivity index (χ0n) is 9.15. The Morgan fingerprint density at radius 2 is 2.19 bits per heavy atom. The van der Waals surface area contributed by atoms with E-state index >= 15 is 0 Å². The van der Waals surface area contributed by atoms with Gasteiger partial charge in [0, 0.05) is 23.8 Å². The zero-order chi connectivity index (χ0) is 11.0. The van der Waals surface area contributed by atoms with E-state index in [4.69, 9.17) is 5.73 Å². The second-order valence-electron chi connectivity index (χ2n) is 4.52. The molecule has 1 saturated heterocycles. The summed E-state index contributed by atoms with van der Waals surface area (Å²) in [5, 5.41) is 3.45. The fraction of sp³-hybridized carbons (Fsp3) is 0.636. The third-order valence-corrected chi connectivity index (χ3v) is 4.15. The molecule has 3 N–H and O–H groups in total. The van der Waals surface area contributed by atoms with E-state index in [0.29, 0.717) is 17.8 Å². The molecule has 16 heavy (non-hydrogen) atoms. The van der Waals surface area contributed by atoms with E-state index in [1.807, 2.05) is 17.8 Å². The van der Waals surface area contributed by atoms with Crippen LogP contribution in [-0.4, -0.2) is 27.5 Å². The zero-order valence-corrected chi connectivity index (χ0v) is 9.96. The lowest BCUT2D eigenvalue weighted by Crippen LogP contribution is -2.19. The number of nitrogen functional groups attached to an aromatic ring is 1. The number of rotatable bonds is 3. The van der Waals surface area contributed by atoms with E-state index in [1.165, 1.54) is 30.8 Å². The Labute approximate surface area is 99.4 Å². The first-order valence-corrected chi connectivity index (χ1v) is 6.95. The summed E-state index contributed by atoms with van der Waals surface area (Å²) in [6.45, 7) is 0. The lowest BCUT2D eigenvalue weighted by molar-refractivity contribution is 0.800. The molecule has 0 spiro atoms. The van der Waals surface area contributed by atoms with Gasteiger partial charge in [-0.05, 0) is 25.0 Å². The van der Waals surface area contributed by atoms with Gasteiger partial charge in [0.05, 0.1) is 0 Å². The van der Waals surface area contributed by atoms with Gasteiger partial charge in [0.1, 0.15) is 17.5 Å². The molecule has 0 radical (unpaired) electrons. The van der Waals surface area contributed by atoms with Crippen molar-refractivity contribution in [2.45, 2.75) is 31.2 Å². The van der Waals surface area contributed by atoms with Crippen LogP contribution < -0.4 is 11.1 Å². The number of hydrogen-bond acceptors (Lipinski definition) is 5. The van der Waals surface area contributed by atoms with Gasteiger partial charge in [0.25, 0.3) is 0 Å². The molecular formula is C11H16N4S. The van der Waals surface area contributed by atoms with Crippen LogP contribution >= 0.6 is 11.8 Å². The van der Waals surface area contributed by atoms with Crippen molar-refractivity contribution in [2.24, 2.45) is 0 Å². The summed E-state index contributed by atoms with van der Waals surface area (Å²) in [6, 6.07) is 2.39. The molecule has 86 valence electrons. The quantitative estimate of drug-likeness (QED) is 0.838. The standard InChI is InChI=1S/C11H16N4S/c12-9-5-10(13-8-3-4-16-6-8)15-11(14-9)7-1-2-7/h5,7-8H,1-4,6H2,(H3,12,13,14,15). The average Bonchev–Trinajstić information content (AvgIpc) is 2.98. The first kappa shape index (κ1) is 10.2. The molecule has 2 aliphatic rings. The van der Waals surface area contributed by atoms with Crippen LogP contribution in [0.3, 0.4) is 0 Å². The normalized spacial score (nSPS) is 24.6. The topological polar surface area (TPSA) is 63.8 Å². The van der Waals surface area contributed by atoms with E-state index < -0.39 is 0 Å². The molecule has 1 aromatic rings. The molecule has 1 aromatic heterocycles. The molecule has 1 saturated carbocycles. The van der Waals surface area contributed by atoms with Crippen molar-refractivity contribution in [3.63, 3.8) is 0 Å². The monoisotopic (exact) mass is 236 g/mol.